The van der Waals surface area contributed by atoms with Gasteiger partial charge >= 0.3 is 5.97 Å². The molecular weight excluding hydrogens is 390 g/mol. The number of aromatic nitrogens is 1. The summed E-state index contributed by atoms with van der Waals surface area (Å²) >= 11 is 0. The van der Waals surface area contributed by atoms with Gasteiger partial charge in [-0.1, -0.05) is 0 Å². The van der Waals surface area contributed by atoms with Gasteiger partial charge in [0.05, 0.1) is 34.3 Å². The summed E-state index contributed by atoms with van der Waals surface area (Å²) in [6.45, 7) is 3.32. The van der Waals surface area contributed by atoms with E-state index in [0.29, 0.717) is 40.1 Å². The van der Waals surface area contributed by atoms with Gasteiger partial charge in [0.25, 0.3) is 5.69 Å². The van der Waals surface area contributed by atoms with Crippen LogP contribution < -0.4 is 9.47 Å². The van der Waals surface area contributed by atoms with Crippen LogP contribution in [0.3, 0.4) is 0 Å². The molecule has 0 amide bonds. The molecule has 2 aromatic carbocycles. The number of aromatic hydroxyl groups is 1. The Morgan fingerprint density at radius 2 is 1.90 bits per heavy atom. The van der Waals surface area contributed by atoms with Crippen LogP contribution in [0.5, 0.6) is 17.2 Å². The van der Waals surface area contributed by atoms with E-state index in [2.05, 4.69) is 0 Å². The molecule has 0 bridgehead atoms. The number of fused-ring (bicyclic) bond motifs is 1. The molecule has 9 nitrogen and oxygen atoms in total. The molecule has 0 saturated carbocycles. The van der Waals surface area contributed by atoms with Crippen molar-refractivity contribution in [3.05, 3.63) is 51.7 Å². The second kappa shape index (κ2) is 8.03. The van der Waals surface area contributed by atoms with Gasteiger partial charge in [-0.15, -0.1) is 0 Å². The molecule has 158 valence electrons. The van der Waals surface area contributed by atoms with Gasteiger partial charge in [0.1, 0.15) is 5.75 Å². The molecular formula is C21H23N3O6. The summed E-state index contributed by atoms with van der Waals surface area (Å²) in [5.74, 6) is 0.0385. The first-order chi connectivity index (χ1) is 14.1. The smallest absolute Gasteiger partial charge is 0.308 e. The third-order valence-electron chi connectivity index (χ3n) is 4.73. The van der Waals surface area contributed by atoms with Gasteiger partial charge in [-0.3, -0.25) is 14.9 Å². The van der Waals surface area contributed by atoms with E-state index in [1.165, 1.54) is 20.1 Å². The third kappa shape index (κ3) is 3.67. The Morgan fingerprint density at radius 1 is 1.23 bits per heavy atom. The van der Waals surface area contributed by atoms with Crippen LogP contribution in [0.15, 0.2) is 30.3 Å². The number of phenolic OH excluding ortho intramolecular Hbond substituents is 1. The standard InChI is InChI=1S/C21H23N3O6/c1-12-20(24(27)28)15-7-9-18(30-13(2)25)16(11-22(3)4)21(15)23(12)14-6-8-19(29-5)17(26)10-14/h6-10,26H,11H2,1-5H3. The van der Waals surface area contributed by atoms with Gasteiger partial charge < -0.3 is 24.0 Å². The molecule has 0 atom stereocenters. The number of carbonyl (C=O) groups excluding carboxylic acids is 1. The molecule has 1 heterocycles. The number of benzene rings is 2. The number of rotatable bonds is 6. The lowest BCUT2D eigenvalue weighted by Crippen LogP contribution is -2.14. The van der Waals surface area contributed by atoms with Crippen LogP contribution in [-0.4, -0.2) is 46.7 Å². The lowest BCUT2D eigenvalue weighted by Gasteiger charge is -2.17. The zero-order valence-corrected chi connectivity index (χ0v) is 17.4. The summed E-state index contributed by atoms with van der Waals surface area (Å²) in [5, 5.41) is 22.6. The highest BCUT2D eigenvalue weighted by Crippen LogP contribution is 2.41. The van der Waals surface area contributed by atoms with E-state index in [1.807, 2.05) is 19.0 Å². The van der Waals surface area contributed by atoms with Crippen molar-refractivity contribution in [1.82, 2.24) is 9.47 Å². The van der Waals surface area contributed by atoms with Crippen molar-refractivity contribution in [3.63, 3.8) is 0 Å². The Morgan fingerprint density at radius 3 is 2.43 bits per heavy atom. The molecule has 0 saturated heterocycles. The normalized spacial score (nSPS) is 11.1. The molecule has 1 aromatic heterocycles. The van der Waals surface area contributed by atoms with Crippen molar-refractivity contribution in [1.29, 1.82) is 0 Å². The molecule has 0 radical (unpaired) electrons. The molecule has 9 heteroatoms. The summed E-state index contributed by atoms with van der Waals surface area (Å²) in [6.07, 6.45) is 0. The average molecular weight is 413 g/mol. The summed E-state index contributed by atoms with van der Waals surface area (Å²) in [7, 11) is 5.14. The second-order valence-corrected chi connectivity index (χ2v) is 7.15. The zero-order chi connectivity index (χ0) is 22.2. The van der Waals surface area contributed by atoms with Crippen LogP contribution in [-0.2, 0) is 11.3 Å². The Labute approximate surface area is 173 Å². The van der Waals surface area contributed by atoms with Crippen molar-refractivity contribution < 1.29 is 24.3 Å². The fourth-order valence-corrected chi connectivity index (χ4v) is 3.62. The highest BCUT2D eigenvalue weighted by molar-refractivity contribution is 5.97. The van der Waals surface area contributed by atoms with Crippen LogP contribution in [0.4, 0.5) is 5.69 Å². The molecule has 0 aliphatic carbocycles. The van der Waals surface area contributed by atoms with Crippen molar-refractivity contribution >= 4 is 22.6 Å². The molecule has 0 aliphatic rings. The van der Waals surface area contributed by atoms with E-state index in [1.54, 1.807) is 35.8 Å². The Kier molecular flexibility index (Phi) is 5.66. The maximum atomic E-state index is 11.9. The van der Waals surface area contributed by atoms with Gasteiger partial charge in [0.15, 0.2) is 11.5 Å². The molecule has 3 aromatic rings. The van der Waals surface area contributed by atoms with Gasteiger partial charge in [-0.2, -0.15) is 0 Å². The van der Waals surface area contributed by atoms with E-state index in [-0.39, 0.29) is 17.2 Å². The van der Waals surface area contributed by atoms with Gasteiger partial charge in [0, 0.05) is 25.1 Å². The lowest BCUT2D eigenvalue weighted by atomic mass is 10.1. The number of phenols is 1. The minimum atomic E-state index is -0.485. The van der Waals surface area contributed by atoms with Crippen molar-refractivity contribution in [3.8, 4) is 22.9 Å². The van der Waals surface area contributed by atoms with Crippen LogP contribution in [0.2, 0.25) is 0 Å². The number of hydrogen-bond acceptors (Lipinski definition) is 7. The number of nitrogens with zero attached hydrogens (tertiary/aromatic N) is 3. The quantitative estimate of drug-likeness (QED) is 0.285. The Bertz CT molecular complexity index is 1150. The summed E-state index contributed by atoms with van der Waals surface area (Å²) in [6, 6.07) is 7.92. The predicted molar refractivity (Wildman–Crippen MR) is 112 cm³/mol. The van der Waals surface area contributed by atoms with Gasteiger partial charge in [-0.25, -0.2) is 0 Å². The van der Waals surface area contributed by atoms with E-state index < -0.39 is 10.9 Å². The van der Waals surface area contributed by atoms with E-state index >= 15 is 0 Å². The van der Waals surface area contributed by atoms with Crippen LogP contribution in [0.25, 0.3) is 16.6 Å². The first-order valence-corrected chi connectivity index (χ1v) is 9.17. The Balaban J connectivity index is 2.45. The predicted octanol–water partition coefficient (Wildman–Crippen LogP) is 3.55. The van der Waals surface area contributed by atoms with E-state index in [4.69, 9.17) is 9.47 Å². The number of ether oxygens (including phenoxy) is 2. The number of carbonyl (C=O) groups is 1. The summed E-state index contributed by atoms with van der Waals surface area (Å²) in [5.41, 5.74) is 2.02. The highest BCUT2D eigenvalue weighted by Gasteiger charge is 2.28. The molecule has 1 N–H and O–H groups in total. The van der Waals surface area contributed by atoms with E-state index in [9.17, 15) is 20.0 Å². The zero-order valence-electron chi connectivity index (χ0n) is 17.4. The third-order valence-corrected chi connectivity index (χ3v) is 4.73. The number of nitro groups is 1. The lowest BCUT2D eigenvalue weighted by molar-refractivity contribution is -0.383. The maximum Gasteiger partial charge on any atom is 0.308 e. The molecule has 0 fully saturated rings. The molecule has 3 rings (SSSR count). The number of esters is 1. The molecule has 0 unspecified atom stereocenters. The van der Waals surface area contributed by atoms with Crippen LogP contribution in [0, 0.1) is 17.0 Å². The molecule has 0 spiro atoms. The number of hydrogen-bond donors (Lipinski definition) is 1. The fourth-order valence-electron chi connectivity index (χ4n) is 3.62. The SMILES string of the molecule is COc1ccc(-n2c(C)c([N+](=O)[O-])c3ccc(OC(C)=O)c(CN(C)C)c32)cc1O. The van der Waals surface area contributed by atoms with E-state index in [0.717, 1.165) is 0 Å². The monoisotopic (exact) mass is 413 g/mol. The topological polar surface area (TPSA) is 107 Å². The second-order valence-electron chi connectivity index (χ2n) is 7.15. The van der Waals surface area contributed by atoms with Crippen LogP contribution >= 0.6 is 0 Å². The van der Waals surface area contributed by atoms with Gasteiger partial charge in [0.2, 0.25) is 0 Å². The summed E-state index contributed by atoms with van der Waals surface area (Å²) in [4.78, 5) is 25.0. The van der Waals surface area contributed by atoms with Crippen molar-refractivity contribution in [2.24, 2.45) is 0 Å². The number of methoxy groups -OCH3 is 1. The van der Waals surface area contributed by atoms with Gasteiger partial charge in [-0.05, 0) is 45.3 Å². The largest absolute Gasteiger partial charge is 0.504 e. The minimum Gasteiger partial charge on any atom is -0.504 e. The first kappa shape index (κ1) is 21.1. The fraction of sp³-hybridized carbons (Fsp3) is 0.286. The molecule has 30 heavy (non-hydrogen) atoms. The summed E-state index contributed by atoms with van der Waals surface area (Å²) < 4.78 is 12.2. The molecule has 0 aliphatic heterocycles. The minimum absolute atomic E-state index is 0.0466. The average Bonchev–Trinajstić information content (AvgIpc) is 2.95. The maximum absolute atomic E-state index is 11.9. The highest BCUT2D eigenvalue weighted by atomic mass is 16.6. The van der Waals surface area contributed by atoms with Crippen molar-refractivity contribution in [2.45, 2.75) is 20.4 Å². The first-order valence-electron chi connectivity index (χ1n) is 9.17. The Hall–Kier alpha value is -3.59. The van der Waals surface area contributed by atoms with Crippen molar-refractivity contribution in [2.75, 3.05) is 21.2 Å². The van der Waals surface area contributed by atoms with Crippen LogP contribution in [0.1, 0.15) is 18.2 Å².